The standard InChI is InChI=1S/C18H17Br2NO4/c1-2-21(9-12-3-5-16-17(7-12)25-11-24-16)18(22)10-23-15-6-4-13(19)8-14(15)20/h3-8H,2,9-11H2,1H3. The van der Waals surface area contributed by atoms with Crippen LogP contribution >= 0.6 is 31.9 Å². The van der Waals surface area contributed by atoms with E-state index >= 15 is 0 Å². The normalized spacial score (nSPS) is 12.1. The fraction of sp³-hybridized carbons (Fsp3) is 0.278. The lowest BCUT2D eigenvalue weighted by atomic mass is 10.2. The molecule has 1 aliphatic heterocycles. The molecule has 25 heavy (non-hydrogen) atoms. The van der Waals surface area contributed by atoms with Crippen molar-refractivity contribution in [1.29, 1.82) is 0 Å². The van der Waals surface area contributed by atoms with Gasteiger partial charge in [-0.15, -0.1) is 0 Å². The maximum atomic E-state index is 12.5. The molecule has 0 saturated carbocycles. The molecule has 0 aliphatic carbocycles. The molecule has 132 valence electrons. The summed E-state index contributed by atoms with van der Waals surface area (Å²) >= 11 is 6.82. The first kappa shape index (κ1) is 18.1. The van der Waals surface area contributed by atoms with Crippen LogP contribution in [0.25, 0.3) is 0 Å². The van der Waals surface area contributed by atoms with Crippen molar-refractivity contribution in [3.8, 4) is 17.2 Å². The van der Waals surface area contributed by atoms with Gasteiger partial charge >= 0.3 is 0 Å². The van der Waals surface area contributed by atoms with E-state index in [1.54, 1.807) is 4.90 Å². The van der Waals surface area contributed by atoms with Crippen molar-refractivity contribution in [3.63, 3.8) is 0 Å². The molecule has 1 heterocycles. The monoisotopic (exact) mass is 469 g/mol. The Morgan fingerprint density at radius 2 is 1.96 bits per heavy atom. The molecular formula is C18H17Br2NO4. The lowest BCUT2D eigenvalue weighted by Crippen LogP contribution is -2.34. The molecule has 1 aliphatic rings. The molecule has 0 radical (unpaired) electrons. The van der Waals surface area contributed by atoms with E-state index in [1.165, 1.54) is 0 Å². The maximum absolute atomic E-state index is 12.5. The van der Waals surface area contributed by atoms with Crippen molar-refractivity contribution in [2.75, 3.05) is 19.9 Å². The second-order valence-electron chi connectivity index (χ2n) is 5.46. The van der Waals surface area contributed by atoms with Crippen LogP contribution in [0.4, 0.5) is 0 Å². The lowest BCUT2D eigenvalue weighted by Gasteiger charge is -2.21. The summed E-state index contributed by atoms with van der Waals surface area (Å²) in [5.41, 5.74) is 0.990. The molecule has 0 bridgehead atoms. The van der Waals surface area contributed by atoms with Gasteiger partial charge in [0.2, 0.25) is 6.79 Å². The van der Waals surface area contributed by atoms with Crippen LogP contribution in [0, 0.1) is 0 Å². The molecule has 0 unspecified atom stereocenters. The Bertz CT molecular complexity index is 782. The van der Waals surface area contributed by atoms with Crippen LogP contribution in [-0.2, 0) is 11.3 Å². The van der Waals surface area contributed by atoms with Gasteiger partial charge < -0.3 is 19.1 Å². The summed E-state index contributed by atoms with van der Waals surface area (Å²) in [6.07, 6.45) is 0. The third kappa shape index (κ3) is 4.46. The van der Waals surface area contributed by atoms with Crippen LogP contribution in [-0.4, -0.2) is 30.8 Å². The van der Waals surface area contributed by atoms with Crippen LogP contribution in [0.1, 0.15) is 12.5 Å². The molecule has 5 nitrogen and oxygen atoms in total. The van der Waals surface area contributed by atoms with Gasteiger partial charge in [0, 0.05) is 17.6 Å². The molecule has 0 aromatic heterocycles. The Labute approximate surface area is 163 Å². The minimum absolute atomic E-state index is 0.0153. The lowest BCUT2D eigenvalue weighted by molar-refractivity contribution is -0.133. The van der Waals surface area contributed by atoms with E-state index in [1.807, 2.05) is 43.3 Å². The van der Waals surface area contributed by atoms with Crippen molar-refractivity contribution in [1.82, 2.24) is 4.90 Å². The highest BCUT2D eigenvalue weighted by molar-refractivity contribution is 9.11. The minimum Gasteiger partial charge on any atom is -0.483 e. The van der Waals surface area contributed by atoms with E-state index < -0.39 is 0 Å². The third-order valence-electron chi connectivity index (χ3n) is 3.79. The molecule has 0 spiro atoms. The largest absolute Gasteiger partial charge is 0.483 e. The Balaban J connectivity index is 1.61. The van der Waals surface area contributed by atoms with Gasteiger partial charge in [0.1, 0.15) is 5.75 Å². The number of rotatable bonds is 6. The quantitative estimate of drug-likeness (QED) is 0.629. The molecule has 7 heteroatoms. The molecule has 2 aromatic carbocycles. The van der Waals surface area contributed by atoms with Crippen molar-refractivity contribution in [2.24, 2.45) is 0 Å². The highest BCUT2D eigenvalue weighted by Gasteiger charge is 2.17. The summed E-state index contributed by atoms with van der Waals surface area (Å²) < 4.78 is 18.1. The number of nitrogens with zero attached hydrogens (tertiary/aromatic N) is 1. The molecule has 0 saturated heterocycles. The van der Waals surface area contributed by atoms with Gasteiger partial charge in [0.15, 0.2) is 18.1 Å². The summed E-state index contributed by atoms with van der Waals surface area (Å²) in [6.45, 7) is 3.26. The average molecular weight is 471 g/mol. The smallest absolute Gasteiger partial charge is 0.260 e. The van der Waals surface area contributed by atoms with Gasteiger partial charge in [-0.2, -0.15) is 0 Å². The van der Waals surface area contributed by atoms with E-state index in [-0.39, 0.29) is 19.3 Å². The van der Waals surface area contributed by atoms with Crippen LogP contribution in [0.2, 0.25) is 0 Å². The van der Waals surface area contributed by atoms with Crippen LogP contribution < -0.4 is 14.2 Å². The number of likely N-dealkylation sites (N-methyl/N-ethyl adjacent to an activating group) is 1. The number of amides is 1. The number of ether oxygens (including phenoxy) is 3. The zero-order chi connectivity index (χ0) is 17.8. The van der Waals surface area contributed by atoms with Gasteiger partial charge in [-0.1, -0.05) is 22.0 Å². The summed E-state index contributed by atoms with van der Waals surface area (Å²) in [7, 11) is 0. The first-order chi connectivity index (χ1) is 12.1. The van der Waals surface area contributed by atoms with E-state index in [2.05, 4.69) is 31.9 Å². The molecule has 0 N–H and O–H groups in total. The number of carbonyl (C=O) groups excluding carboxylic acids is 1. The molecule has 0 fully saturated rings. The van der Waals surface area contributed by atoms with Gasteiger partial charge in [-0.05, 0) is 58.7 Å². The van der Waals surface area contributed by atoms with Crippen LogP contribution in [0.3, 0.4) is 0 Å². The van der Waals surface area contributed by atoms with Crippen LogP contribution in [0.5, 0.6) is 17.2 Å². The predicted molar refractivity (Wildman–Crippen MR) is 101 cm³/mol. The van der Waals surface area contributed by atoms with Crippen molar-refractivity contribution in [2.45, 2.75) is 13.5 Å². The fourth-order valence-electron chi connectivity index (χ4n) is 2.46. The van der Waals surface area contributed by atoms with Crippen molar-refractivity contribution >= 4 is 37.8 Å². The van der Waals surface area contributed by atoms with E-state index in [9.17, 15) is 4.79 Å². The Hall–Kier alpha value is -1.73. The zero-order valence-corrected chi connectivity index (χ0v) is 16.8. The number of fused-ring (bicyclic) bond motifs is 1. The first-order valence-corrected chi connectivity index (χ1v) is 9.39. The average Bonchev–Trinajstić information content (AvgIpc) is 3.06. The SMILES string of the molecule is CCN(Cc1ccc2c(c1)OCO2)C(=O)COc1ccc(Br)cc1Br. The van der Waals surface area contributed by atoms with Gasteiger partial charge in [-0.3, -0.25) is 4.79 Å². The number of halogens is 2. The van der Waals surface area contributed by atoms with E-state index in [0.29, 0.717) is 18.8 Å². The van der Waals surface area contributed by atoms with Gasteiger partial charge in [0.05, 0.1) is 4.47 Å². The van der Waals surface area contributed by atoms with E-state index in [4.69, 9.17) is 14.2 Å². The number of hydrogen-bond donors (Lipinski definition) is 0. The topological polar surface area (TPSA) is 48.0 Å². The molecule has 0 atom stereocenters. The molecule has 2 aromatic rings. The predicted octanol–water partition coefficient (Wildman–Crippen LogP) is 4.37. The van der Waals surface area contributed by atoms with Crippen LogP contribution in [0.15, 0.2) is 45.3 Å². The maximum Gasteiger partial charge on any atom is 0.260 e. The molecule has 1 amide bonds. The van der Waals surface area contributed by atoms with Gasteiger partial charge in [0.25, 0.3) is 5.91 Å². The Kier molecular flexibility index (Phi) is 5.86. The van der Waals surface area contributed by atoms with Crippen molar-refractivity contribution < 1.29 is 19.0 Å². The third-order valence-corrected chi connectivity index (χ3v) is 4.90. The Morgan fingerprint density at radius 3 is 2.72 bits per heavy atom. The van der Waals surface area contributed by atoms with Gasteiger partial charge in [-0.25, -0.2) is 0 Å². The molecular weight excluding hydrogens is 454 g/mol. The van der Waals surface area contributed by atoms with Crippen molar-refractivity contribution in [3.05, 3.63) is 50.9 Å². The second kappa shape index (κ2) is 8.10. The Morgan fingerprint density at radius 1 is 1.16 bits per heavy atom. The molecule has 3 rings (SSSR count). The minimum atomic E-state index is -0.0741. The highest BCUT2D eigenvalue weighted by atomic mass is 79.9. The second-order valence-corrected chi connectivity index (χ2v) is 7.23. The number of benzene rings is 2. The summed E-state index contributed by atoms with van der Waals surface area (Å²) in [5.74, 6) is 2.02. The summed E-state index contributed by atoms with van der Waals surface area (Å²) in [4.78, 5) is 14.2. The first-order valence-electron chi connectivity index (χ1n) is 7.81. The zero-order valence-electron chi connectivity index (χ0n) is 13.6. The number of carbonyl (C=O) groups is 1. The fourth-order valence-corrected chi connectivity index (χ4v) is 3.62. The summed E-state index contributed by atoms with van der Waals surface area (Å²) in [5, 5.41) is 0. The number of hydrogen-bond acceptors (Lipinski definition) is 4. The van der Waals surface area contributed by atoms with E-state index in [0.717, 1.165) is 26.0 Å². The highest BCUT2D eigenvalue weighted by Crippen LogP contribution is 2.33. The summed E-state index contributed by atoms with van der Waals surface area (Å²) in [6, 6.07) is 11.3.